The predicted molar refractivity (Wildman–Crippen MR) is 69.8 cm³/mol. The Morgan fingerprint density at radius 1 is 1.33 bits per heavy atom. The van der Waals surface area contributed by atoms with Crippen LogP contribution in [0.4, 0.5) is 17.6 Å². The molecular formula is C14H17F4NO2. The number of rotatable bonds is 6. The lowest BCUT2D eigenvalue weighted by molar-refractivity contribution is -0.140. The van der Waals surface area contributed by atoms with Crippen molar-refractivity contribution >= 4 is 5.91 Å². The number of benzene rings is 1. The van der Waals surface area contributed by atoms with Gasteiger partial charge in [0.2, 0.25) is 0 Å². The summed E-state index contributed by atoms with van der Waals surface area (Å²) in [6.45, 7) is 0.388. The lowest BCUT2D eigenvalue weighted by atomic mass is 10.1. The van der Waals surface area contributed by atoms with Gasteiger partial charge >= 0.3 is 6.18 Å². The zero-order valence-electron chi connectivity index (χ0n) is 11.8. The molecule has 1 aromatic carbocycles. The molecule has 0 saturated carbocycles. The fourth-order valence-electron chi connectivity index (χ4n) is 1.84. The summed E-state index contributed by atoms with van der Waals surface area (Å²) in [6.07, 6.45) is -3.44. The molecule has 0 spiro atoms. The minimum atomic E-state index is -4.51. The molecule has 0 unspecified atom stereocenters. The Balaban J connectivity index is 3.06. The Morgan fingerprint density at radius 3 is 2.52 bits per heavy atom. The monoisotopic (exact) mass is 307 g/mol. The highest BCUT2D eigenvalue weighted by atomic mass is 19.4. The summed E-state index contributed by atoms with van der Waals surface area (Å²) < 4.78 is 55.9. The maximum absolute atomic E-state index is 13.2. The normalized spacial score (nSPS) is 11.3. The molecule has 0 saturated heterocycles. The lowest BCUT2D eigenvalue weighted by Gasteiger charge is -2.24. The number of methoxy groups -OCH3 is 1. The van der Waals surface area contributed by atoms with Crippen molar-refractivity contribution < 1.29 is 27.1 Å². The zero-order valence-corrected chi connectivity index (χ0v) is 11.8. The summed E-state index contributed by atoms with van der Waals surface area (Å²) >= 11 is 0. The molecule has 7 heteroatoms. The number of halogens is 4. The Hall–Kier alpha value is -1.79. The Kier molecular flexibility index (Phi) is 5.99. The van der Waals surface area contributed by atoms with Crippen LogP contribution in [0.5, 0.6) is 5.75 Å². The molecule has 0 aliphatic rings. The first-order valence-electron chi connectivity index (χ1n) is 6.48. The lowest BCUT2D eigenvalue weighted by Crippen LogP contribution is -2.39. The van der Waals surface area contributed by atoms with Gasteiger partial charge in [-0.15, -0.1) is 0 Å². The van der Waals surface area contributed by atoms with E-state index in [4.69, 9.17) is 4.74 Å². The quantitative estimate of drug-likeness (QED) is 0.751. The summed E-state index contributed by atoms with van der Waals surface area (Å²) in [5.41, 5.74) is -0.210. The maximum Gasteiger partial charge on any atom is 0.406 e. The highest BCUT2D eigenvalue weighted by molar-refractivity contribution is 5.97. The first-order valence-corrected chi connectivity index (χ1v) is 6.48. The van der Waals surface area contributed by atoms with Crippen LogP contribution in [0.2, 0.25) is 0 Å². The first kappa shape index (κ1) is 17.3. The molecule has 118 valence electrons. The van der Waals surface area contributed by atoms with E-state index >= 15 is 0 Å². The van der Waals surface area contributed by atoms with E-state index in [1.165, 1.54) is 13.2 Å². The van der Waals surface area contributed by atoms with Gasteiger partial charge in [0, 0.05) is 6.54 Å². The van der Waals surface area contributed by atoms with Gasteiger partial charge in [0.25, 0.3) is 5.91 Å². The molecule has 0 aliphatic heterocycles. The van der Waals surface area contributed by atoms with Crippen LogP contribution in [0, 0.1) is 5.82 Å². The molecule has 0 bridgehead atoms. The largest absolute Gasteiger partial charge is 0.496 e. The predicted octanol–water partition coefficient (Wildman–Crippen LogP) is 3.64. The first-order chi connectivity index (χ1) is 9.78. The molecule has 1 rings (SSSR count). The van der Waals surface area contributed by atoms with Crippen molar-refractivity contribution in [3.05, 3.63) is 29.6 Å². The van der Waals surface area contributed by atoms with E-state index in [1.54, 1.807) is 6.92 Å². The third kappa shape index (κ3) is 5.24. The molecule has 0 heterocycles. The fraction of sp³-hybridized carbons (Fsp3) is 0.500. The van der Waals surface area contributed by atoms with Gasteiger partial charge in [-0.05, 0) is 24.6 Å². The minimum absolute atomic E-state index is 0.0464. The van der Waals surface area contributed by atoms with Gasteiger partial charge in [0.1, 0.15) is 18.1 Å². The fourth-order valence-corrected chi connectivity index (χ4v) is 1.84. The average molecular weight is 307 g/mol. The van der Waals surface area contributed by atoms with Crippen molar-refractivity contribution in [2.75, 3.05) is 20.2 Å². The van der Waals surface area contributed by atoms with Crippen molar-refractivity contribution in [2.45, 2.75) is 25.9 Å². The van der Waals surface area contributed by atoms with Crippen LogP contribution in [0.1, 0.15) is 30.1 Å². The number of amides is 1. The van der Waals surface area contributed by atoms with E-state index in [0.717, 1.165) is 12.1 Å². The van der Waals surface area contributed by atoms with Crippen molar-refractivity contribution in [2.24, 2.45) is 0 Å². The van der Waals surface area contributed by atoms with Crippen molar-refractivity contribution in [1.29, 1.82) is 0 Å². The highest BCUT2D eigenvalue weighted by Gasteiger charge is 2.33. The van der Waals surface area contributed by atoms with Crippen LogP contribution >= 0.6 is 0 Å². The van der Waals surface area contributed by atoms with Gasteiger partial charge in [0.15, 0.2) is 0 Å². The molecule has 1 amide bonds. The second kappa shape index (κ2) is 7.28. The van der Waals surface area contributed by atoms with Crippen molar-refractivity contribution in [3.8, 4) is 5.75 Å². The Morgan fingerprint density at radius 2 is 2.00 bits per heavy atom. The third-order valence-corrected chi connectivity index (χ3v) is 2.83. The summed E-state index contributed by atoms with van der Waals surface area (Å²) in [4.78, 5) is 12.9. The number of carbonyl (C=O) groups is 1. The van der Waals surface area contributed by atoms with Crippen LogP contribution in [0.15, 0.2) is 18.2 Å². The number of hydrogen-bond acceptors (Lipinski definition) is 2. The van der Waals surface area contributed by atoms with E-state index in [9.17, 15) is 22.4 Å². The van der Waals surface area contributed by atoms with Gasteiger partial charge in [-0.1, -0.05) is 13.3 Å². The Bertz CT molecular complexity index is 488. The number of carbonyl (C=O) groups excluding carboxylic acids is 1. The van der Waals surface area contributed by atoms with Crippen molar-refractivity contribution in [3.63, 3.8) is 0 Å². The molecule has 0 N–H and O–H groups in total. The summed E-state index contributed by atoms with van der Waals surface area (Å²) in [7, 11) is 1.27. The van der Waals surface area contributed by atoms with Gasteiger partial charge < -0.3 is 9.64 Å². The number of alkyl halides is 3. The number of hydrogen-bond donors (Lipinski definition) is 0. The van der Waals surface area contributed by atoms with Gasteiger partial charge in [-0.3, -0.25) is 4.79 Å². The van der Waals surface area contributed by atoms with Gasteiger partial charge in [-0.25, -0.2) is 4.39 Å². The van der Waals surface area contributed by atoms with Crippen LogP contribution in [-0.4, -0.2) is 37.2 Å². The average Bonchev–Trinajstić information content (AvgIpc) is 2.41. The molecular weight excluding hydrogens is 290 g/mol. The molecule has 0 atom stereocenters. The molecule has 1 aromatic rings. The van der Waals surface area contributed by atoms with E-state index in [-0.39, 0.29) is 17.9 Å². The second-order valence-electron chi connectivity index (χ2n) is 4.54. The highest BCUT2D eigenvalue weighted by Crippen LogP contribution is 2.24. The second-order valence-corrected chi connectivity index (χ2v) is 4.54. The number of unbranched alkanes of at least 4 members (excludes halogenated alkanes) is 1. The topological polar surface area (TPSA) is 29.5 Å². The van der Waals surface area contributed by atoms with E-state index in [0.29, 0.717) is 17.7 Å². The van der Waals surface area contributed by atoms with E-state index in [1.807, 2.05) is 0 Å². The summed E-state index contributed by atoms with van der Waals surface area (Å²) in [5.74, 6) is -1.55. The van der Waals surface area contributed by atoms with Crippen LogP contribution in [0.25, 0.3) is 0 Å². The Labute approximate surface area is 120 Å². The number of ether oxygens (including phenoxy) is 1. The van der Waals surface area contributed by atoms with E-state index < -0.39 is 24.4 Å². The number of nitrogens with zero attached hydrogens (tertiary/aromatic N) is 1. The molecule has 0 radical (unpaired) electrons. The maximum atomic E-state index is 13.2. The van der Waals surface area contributed by atoms with Crippen molar-refractivity contribution in [1.82, 2.24) is 4.90 Å². The minimum Gasteiger partial charge on any atom is -0.496 e. The zero-order chi connectivity index (χ0) is 16.0. The molecule has 0 aromatic heterocycles. The van der Waals surface area contributed by atoms with Crippen LogP contribution in [-0.2, 0) is 0 Å². The van der Waals surface area contributed by atoms with E-state index in [2.05, 4.69) is 0 Å². The van der Waals surface area contributed by atoms with Crippen LogP contribution < -0.4 is 4.74 Å². The van der Waals surface area contributed by atoms with Crippen LogP contribution in [0.3, 0.4) is 0 Å². The molecule has 0 aliphatic carbocycles. The standard InChI is InChI=1S/C14H17F4NO2/c1-3-4-7-19(9-14(16,17)18)13(20)11-8-10(15)5-6-12(11)21-2/h5-6,8H,3-4,7,9H2,1-2H3. The molecule has 21 heavy (non-hydrogen) atoms. The van der Waals surface area contributed by atoms with Gasteiger partial charge in [0.05, 0.1) is 12.7 Å². The molecule has 3 nitrogen and oxygen atoms in total. The summed E-state index contributed by atoms with van der Waals surface area (Å²) in [6, 6.07) is 3.18. The smallest absolute Gasteiger partial charge is 0.406 e. The molecule has 0 fully saturated rings. The summed E-state index contributed by atoms with van der Waals surface area (Å²) in [5, 5.41) is 0. The van der Waals surface area contributed by atoms with Gasteiger partial charge in [-0.2, -0.15) is 13.2 Å². The third-order valence-electron chi connectivity index (χ3n) is 2.83. The SMILES string of the molecule is CCCCN(CC(F)(F)F)C(=O)c1cc(F)ccc1OC.